The van der Waals surface area contributed by atoms with Crippen molar-refractivity contribution < 1.29 is 0 Å². The molecule has 3 nitrogen and oxygen atoms in total. The summed E-state index contributed by atoms with van der Waals surface area (Å²) in [6.07, 6.45) is 24.5. The molecule has 0 aliphatic carbocycles. The molecule has 0 bridgehead atoms. The van der Waals surface area contributed by atoms with Gasteiger partial charge in [0.15, 0.2) is 5.43 Å². The second-order valence-corrected chi connectivity index (χ2v) is 10.0. The lowest BCUT2D eigenvalue weighted by Crippen LogP contribution is -2.03. The smallest absolute Gasteiger partial charge is 0.190 e. The number of unbranched alkanes of at least 4 members (excludes halogenated alkanes) is 15. The van der Waals surface area contributed by atoms with Crippen molar-refractivity contribution in [2.24, 2.45) is 0 Å². The molecule has 33 heavy (non-hydrogen) atoms. The zero-order chi connectivity index (χ0) is 23.3. The van der Waals surface area contributed by atoms with Crippen molar-refractivity contribution >= 4 is 21.8 Å². The van der Waals surface area contributed by atoms with Crippen LogP contribution in [0.2, 0.25) is 0 Å². The number of aromatic nitrogens is 2. The zero-order valence-corrected chi connectivity index (χ0v) is 21.3. The van der Waals surface area contributed by atoms with Crippen molar-refractivity contribution in [3.05, 3.63) is 46.4 Å². The third kappa shape index (κ3) is 8.05. The maximum atomic E-state index is 12.5. The molecule has 1 aromatic carbocycles. The summed E-state index contributed by atoms with van der Waals surface area (Å²) < 4.78 is 2.32. The van der Waals surface area contributed by atoms with Gasteiger partial charge in [0.05, 0.1) is 10.9 Å². The Morgan fingerprint density at radius 3 is 1.85 bits per heavy atom. The van der Waals surface area contributed by atoms with E-state index in [1.54, 1.807) is 6.07 Å². The number of aryl methyl sites for hydroxylation is 2. The quantitative estimate of drug-likeness (QED) is 0.205. The van der Waals surface area contributed by atoms with Crippen LogP contribution in [-0.4, -0.2) is 9.55 Å². The molecule has 0 saturated heterocycles. The number of nitrogens with zero attached hydrogens (tertiary/aromatic N) is 1. The van der Waals surface area contributed by atoms with Crippen LogP contribution in [0.4, 0.5) is 0 Å². The molecule has 0 unspecified atom stereocenters. The summed E-state index contributed by atoms with van der Waals surface area (Å²) in [4.78, 5) is 15.8. The molecule has 0 fully saturated rings. The number of fused-ring (bicyclic) bond motifs is 3. The number of aromatic amines is 1. The van der Waals surface area contributed by atoms with E-state index in [-0.39, 0.29) is 5.43 Å². The summed E-state index contributed by atoms with van der Waals surface area (Å²) in [5.41, 5.74) is 3.15. The van der Waals surface area contributed by atoms with E-state index in [0.717, 1.165) is 28.5 Å². The minimum atomic E-state index is 0.118. The lowest BCUT2D eigenvalue weighted by atomic mass is 10.0. The Morgan fingerprint density at radius 1 is 0.727 bits per heavy atom. The lowest BCUT2D eigenvalue weighted by Gasteiger charge is -2.07. The predicted molar refractivity (Wildman–Crippen MR) is 144 cm³/mol. The molecule has 0 saturated carbocycles. The maximum Gasteiger partial charge on any atom is 0.190 e. The first kappa shape index (κ1) is 25.6. The molecule has 3 rings (SSSR count). The van der Waals surface area contributed by atoms with Gasteiger partial charge in [-0.05, 0) is 31.5 Å². The molecule has 0 radical (unpaired) electrons. The second kappa shape index (κ2) is 14.3. The molecule has 0 spiro atoms. The van der Waals surface area contributed by atoms with Crippen LogP contribution in [0, 0.1) is 6.92 Å². The zero-order valence-electron chi connectivity index (χ0n) is 21.3. The topological polar surface area (TPSA) is 37.8 Å². The highest BCUT2D eigenvalue weighted by atomic mass is 16.1. The number of rotatable bonds is 17. The van der Waals surface area contributed by atoms with Gasteiger partial charge in [0.1, 0.15) is 0 Å². The van der Waals surface area contributed by atoms with E-state index >= 15 is 0 Å². The van der Waals surface area contributed by atoms with Crippen LogP contribution >= 0.6 is 0 Å². The monoisotopic (exact) mass is 450 g/mol. The minimum absolute atomic E-state index is 0.118. The first-order valence-electron chi connectivity index (χ1n) is 13.8. The molecule has 0 amide bonds. The van der Waals surface area contributed by atoms with E-state index in [2.05, 4.69) is 40.9 Å². The SMILES string of the molecule is CCCCCCCCCCCCCCCCCCn1ccc2c3c(=O)cc(C)[nH]c3ccc21. The van der Waals surface area contributed by atoms with Gasteiger partial charge in [0.2, 0.25) is 0 Å². The lowest BCUT2D eigenvalue weighted by molar-refractivity contribution is 0.522. The van der Waals surface area contributed by atoms with Gasteiger partial charge in [-0.15, -0.1) is 0 Å². The highest BCUT2D eigenvalue weighted by molar-refractivity contribution is 6.05. The van der Waals surface area contributed by atoms with Crippen LogP contribution in [0.15, 0.2) is 35.3 Å². The number of H-pyrrole nitrogens is 1. The fourth-order valence-electron chi connectivity index (χ4n) is 5.18. The van der Waals surface area contributed by atoms with Crippen molar-refractivity contribution in [1.82, 2.24) is 9.55 Å². The van der Waals surface area contributed by atoms with E-state index < -0.39 is 0 Å². The molecule has 3 heteroatoms. The van der Waals surface area contributed by atoms with E-state index in [1.165, 1.54) is 108 Å². The van der Waals surface area contributed by atoms with Crippen molar-refractivity contribution in [3.8, 4) is 0 Å². The standard InChI is InChI=1S/C30H46N2O/c1-3-4-5-6-7-8-9-10-11-12-13-14-15-16-17-18-22-32-23-21-26-28(32)20-19-27-30(26)29(33)24-25(2)31-27/h19-21,23-24H,3-18,22H2,1-2H3,(H,31,33). The van der Waals surface area contributed by atoms with E-state index in [0.29, 0.717) is 0 Å². The van der Waals surface area contributed by atoms with Gasteiger partial charge in [-0.1, -0.05) is 103 Å². The molecule has 2 aromatic heterocycles. The second-order valence-electron chi connectivity index (χ2n) is 10.0. The summed E-state index contributed by atoms with van der Waals surface area (Å²) in [7, 11) is 0. The highest BCUT2D eigenvalue weighted by Gasteiger charge is 2.08. The Morgan fingerprint density at radius 2 is 1.27 bits per heavy atom. The molecule has 2 heterocycles. The summed E-state index contributed by atoms with van der Waals surface area (Å²) in [5, 5.41) is 1.90. The molecule has 3 aromatic rings. The van der Waals surface area contributed by atoms with Crippen molar-refractivity contribution in [2.75, 3.05) is 0 Å². The Bertz CT molecular complexity index is 1010. The van der Waals surface area contributed by atoms with Crippen LogP contribution in [0.1, 0.15) is 115 Å². The Balaban J connectivity index is 1.24. The average Bonchev–Trinajstić information content (AvgIpc) is 3.21. The van der Waals surface area contributed by atoms with Gasteiger partial charge in [0, 0.05) is 35.4 Å². The summed E-state index contributed by atoms with van der Waals surface area (Å²) in [6, 6.07) is 8.01. The molecule has 0 aliphatic rings. The van der Waals surface area contributed by atoms with Crippen LogP contribution in [0.5, 0.6) is 0 Å². The van der Waals surface area contributed by atoms with Crippen LogP contribution in [-0.2, 0) is 6.54 Å². The minimum Gasteiger partial charge on any atom is -0.358 e. The fourth-order valence-corrected chi connectivity index (χ4v) is 5.18. The Hall–Kier alpha value is -2.03. The number of pyridine rings is 1. The third-order valence-corrected chi connectivity index (χ3v) is 7.13. The predicted octanol–water partition coefficient (Wildman–Crippen LogP) is 9.05. The Labute approximate surface area is 201 Å². The maximum absolute atomic E-state index is 12.5. The summed E-state index contributed by atoms with van der Waals surface area (Å²) >= 11 is 0. The van der Waals surface area contributed by atoms with Crippen LogP contribution < -0.4 is 5.43 Å². The van der Waals surface area contributed by atoms with Gasteiger partial charge < -0.3 is 9.55 Å². The first-order valence-corrected chi connectivity index (χ1v) is 13.8. The molecular formula is C30H46N2O. The average molecular weight is 451 g/mol. The van der Waals surface area contributed by atoms with E-state index in [4.69, 9.17) is 0 Å². The molecule has 0 atom stereocenters. The highest BCUT2D eigenvalue weighted by Crippen LogP contribution is 2.24. The van der Waals surface area contributed by atoms with Gasteiger partial charge in [-0.25, -0.2) is 0 Å². The molecule has 1 N–H and O–H groups in total. The Kier molecular flexibility index (Phi) is 11.1. The molecule has 0 aliphatic heterocycles. The number of nitrogens with one attached hydrogen (secondary N) is 1. The largest absolute Gasteiger partial charge is 0.358 e. The van der Waals surface area contributed by atoms with Gasteiger partial charge >= 0.3 is 0 Å². The van der Waals surface area contributed by atoms with Crippen molar-refractivity contribution in [2.45, 2.75) is 123 Å². The summed E-state index contributed by atoms with van der Waals surface area (Å²) in [5.74, 6) is 0. The first-order chi connectivity index (χ1) is 16.2. The number of benzene rings is 1. The van der Waals surface area contributed by atoms with Gasteiger partial charge in [-0.2, -0.15) is 0 Å². The normalized spacial score (nSPS) is 11.7. The van der Waals surface area contributed by atoms with Gasteiger partial charge in [0.25, 0.3) is 0 Å². The molecular weight excluding hydrogens is 404 g/mol. The van der Waals surface area contributed by atoms with Crippen LogP contribution in [0.25, 0.3) is 21.8 Å². The fraction of sp³-hybridized carbons (Fsp3) is 0.633. The van der Waals surface area contributed by atoms with Crippen LogP contribution in [0.3, 0.4) is 0 Å². The van der Waals surface area contributed by atoms with Gasteiger partial charge in [-0.3, -0.25) is 4.79 Å². The number of hydrogen-bond donors (Lipinski definition) is 1. The number of hydrogen-bond acceptors (Lipinski definition) is 1. The summed E-state index contributed by atoms with van der Waals surface area (Å²) in [6.45, 7) is 5.27. The third-order valence-electron chi connectivity index (χ3n) is 7.13. The van der Waals surface area contributed by atoms with E-state index in [9.17, 15) is 4.79 Å². The van der Waals surface area contributed by atoms with E-state index in [1.807, 2.05) is 6.92 Å². The van der Waals surface area contributed by atoms with Crippen molar-refractivity contribution in [3.63, 3.8) is 0 Å². The molecule has 182 valence electrons. The van der Waals surface area contributed by atoms with Crippen molar-refractivity contribution in [1.29, 1.82) is 0 Å².